The van der Waals surface area contributed by atoms with Crippen molar-refractivity contribution in [2.45, 2.75) is 0 Å². The Morgan fingerprint density at radius 2 is 2.00 bits per heavy atom. The second kappa shape index (κ2) is 6.23. The topological polar surface area (TPSA) is 80.9 Å². The first-order chi connectivity index (χ1) is 11.1. The summed E-state index contributed by atoms with van der Waals surface area (Å²) >= 11 is 0. The van der Waals surface area contributed by atoms with Crippen LogP contribution in [0.15, 0.2) is 61.1 Å². The van der Waals surface area contributed by atoms with Gasteiger partial charge in [-0.15, -0.1) is 0 Å². The Morgan fingerprint density at radius 1 is 1.13 bits per heavy atom. The number of carbonyl (C=O) groups is 1. The lowest BCUT2D eigenvalue weighted by Crippen LogP contribution is -2.14. The second-order valence-electron chi connectivity index (χ2n) is 4.86. The van der Waals surface area contributed by atoms with Crippen molar-refractivity contribution < 1.29 is 9.18 Å². The van der Waals surface area contributed by atoms with Gasteiger partial charge in [0, 0.05) is 23.6 Å². The van der Waals surface area contributed by atoms with E-state index in [1.54, 1.807) is 30.3 Å². The molecule has 0 aliphatic heterocycles. The number of amides is 1. The van der Waals surface area contributed by atoms with Crippen LogP contribution in [0, 0.1) is 5.82 Å². The monoisotopic (exact) mass is 308 g/mol. The van der Waals surface area contributed by atoms with E-state index >= 15 is 0 Å². The molecule has 0 fully saturated rings. The fraction of sp³-hybridized carbons (Fsp3) is 0. The molecule has 0 saturated carbocycles. The number of benzene rings is 2. The number of hydrogen-bond donors (Lipinski definition) is 2. The minimum absolute atomic E-state index is 0.181. The third-order valence-corrected chi connectivity index (χ3v) is 3.22. The highest BCUT2D eigenvalue weighted by Gasteiger charge is 2.12. The number of hydrogen-bond acceptors (Lipinski definition) is 4. The SMILES string of the molecule is Nc1ccc(-c2cccc(F)c2)c(NC(=O)c2cnccn2)c1. The average molecular weight is 308 g/mol. The first-order valence-corrected chi connectivity index (χ1v) is 6.86. The molecule has 0 unspecified atom stereocenters. The van der Waals surface area contributed by atoms with Crippen LogP contribution < -0.4 is 11.1 Å². The van der Waals surface area contributed by atoms with E-state index in [9.17, 15) is 9.18 Å². The average Bonchev–Trinajstić information content (AvgIpc) is 2.56. The van der Waals surface area contributed by atoms with E-state index in [2.05, 4.69) is 15.3 Å². The molecule has 0 bridgehead atoms. The summed E-state index contributed by atoms with van der Waals surface area (Å²) in [6, 6.07) is 11.2. The van der Waals surface area contributed by atoms with Crippen molar-refractivity contribution in [2.24, 2.45) is 0 Å². The summed E-state index contributed by atoms with van der Waals surface area (Å²) in [5.74, 6) is -0.771. The summed E-state index contributed by atoms with van der Waals surface area (Å²) in [6.07, 6.45) is 4.28. The molecule has 0 spiro atoms. The fourth-order valence-electron chi connectivity index (χ4n) is 2.18. The molecular weight excluding hydrogens is 295 g/mol. The predicted octanol–water partition coefficient (Wildman–Crippen LogP) is 3.12. The van der Waals surface area contributed by atoms with Gasteiger partial charge in [-0.2, -0.15) is 0 Å². The van der Waals surface area contributed by atoms with Crippen LogP contribution in [-0.4, -0.2) is 15.9 Å². The molecule has 1 heterocycles. The van der Waals surface area contributed by atoms with Crippen LogP contribution in [0.4, 0.5) is 15.8 Å². The third-order valence-electron chi connectivity index (χ3n) is 3.22. The summed E-state index contributed by atoms with van der Waals surface area (Å²) in [4.78, 5) is 20.1. The van der Waals surface area contributed by atoms with Crippen molar-refractivity contribution in [1.82, 2.24) is 9.97 Å². The summed E-state index contributed by atoms with van der Waals surface area (Å²) in [6.45, 7) is 0. The third kappa shape index (κ3) is 3.32. The van der Waals surface area contributed by atoms with Gasteiger partial charge in [-0.05, 0) is 29.8 Å². The van der Waals surface area contributed by atoms with Gasteiger partial charge < -0.3 is 11.1 Å². The lowest BCUT2D eigenvalue weighted by molar-refractivity contribution is 0.102. The Labute approximate surface area is 132 Å². The Morgan fingerprint density at radius 3 is 2.74 bits per heavy atom. The first kappa shape index (κ1) is 14.6. The molecular formula is C17H13FN4O. The molecule has 0 aliphatic rings. The Hall–Kier alpha value is -3.28. The van der Waals surface area contributed by atoms with Crippen LogP contribution in [0.2, 0.25) is 0 Å². The van der Waals surface area contributed by atoms with Crippen LogP contribution in [-0.2, 0) is 0 Å². The number of anilines is 2. The summed E-state index contributed by atoms with van der Waals surface area (Å²) in [5.41, 5.74) is 8.24. The van der Waals surface area contributed by atoms with Crippen LogP contribution in [0.25, 0.3) is 11.1 Å². The standard InChI is InChI=1S/C17H13FN4O/c18-12-3-1-2-11(8-12)14-5-4-13(19)9-15(14)22-17(23)16-10-20-6-7-21-16/h1-10H,19H2,(H,22,23). The highest BCUT2D eigenvalue weighted by molar-refractivity contribution is 6.05. The zero-order chi connectivity index (χ0) is 16.2. The zero-order valence-electron chi connectivity index (χ0n) is 12.0. The number of aromatic nitrogens is 2. The molecule has 0 atom stereocenters. The van der Waals surface area contributed by atoms with Crippen molar-refractivity contribution >= 4 is 17.3 Å². The van der Waals surface area contributed by atoms with Crippen molar-refractivity contribution in [1.29, 1.82) is 0 Å². The Kier molecular flexibility index (Phi) is 3.97. The van der Waals surface area contributed by atoms with Crippen molar-refractivity contribution in [3.63, 3.8) is 0 Å². The smallest absolute Gasteiger partial charge is 0.275 e. The predicted molar refractivity (Wildman–Crippen MR) is 86.2 cm³/mol. The summed E-state index contributed by atoms with van der Waals surface area (Å²) < 4.78 is 13.5. The molecule has 3 N–H and O–H groups in total. The molecule has 23 heavy (non-hydrogen) atoms. The number of nitrogens with one attached hydrogen (secondary N) is 1. The van der Waals surface area contributed by atoms with Crippen molar-refractivity contribution in [3.8, 4) is 11.1 Å². The van der Waals surface area contributed by atoms with E-state index in [0.717, 1.165) is 0 Å². The number of carbonyl (C=O) groups excluding carboxylic acids is 1. The van der Waals surface area contributed by atoms with Crippen molar-refractivity contribution in [3.05, 3.63) is 72.6 Å². The zero-order valence-corrected chi connectivity index (χ0v) is 12.0. The minimum Gasteiger partial charge on any atom is -0.399 e. The molecule has 6 heteroatoms. The van der Waals surface area contributed by atoms with Crippen LogP contribution in [0.1, 0.15) is 10.5 Å². The largest absolute Gasteiger partial charge is 0.399 e. The maximum atomic E-state index is 13.5. The quantitative estimate of drug-likeness (QED) is 0.728. The van der Waals surface area contributed by atoms with Crippen LogP contribution in [0.5, 0.6) is 0 Å². The van der Waals surface area contributed by atoms with Gasteiger partial charge in [-0.1, -0.05) is 18.2 Å². The molecule has 5 nitrogen and oxygen atoms in total. The van der Waals surface area contributed by atoms with E-state index in [0.29, 0.717) is 22.5 Å². The fourth-order valence-corrected chi connectivity index (χ4v) is 2.18. The normalized spacial score (nSPS) is 10.3. The number of nitrogens with zero attached hydrogens (tertiary/aromatic N) is 2. The van der Waals surface area contributed by atoms with Gasteiger partial charge in [0.25, 0.3) is 5.91 Å². The maximum Gasteiger partial charge on any atom is 0.275 e. The number of nitrogens with two attached hydrogens (primary N) is 1. The maximum absolute atomic E-state index is 13.5. The summed E-state index contributed by atoms with van der Waals surface area (Å²) in [5, 5.41) is 2.74. The molecule has 2 aromatic carbocycles. The van der Waals surface area contributed by atoms with E-state index in [1.165, 1.54) is 30.7 Å². The van der Waals surface area contributed by atoms with Gasteiger partial charge in [0.15, 0.2) is 0 Å². The molecule has 1 amide bonds. The van der Waals surface area contributed by atoms with Gasteiger partial charge in [0.05, 0.1) is 11.9 Å². The van der Waals surface area contributed by atoms with Crippen LogP contribution in [0.3, 0.4) is 0 Å². The van der Waals surface area contributed by atoms with E-state index < -0.39 is 5.91 Å². The highest BCUT2D eigenvalue weighted by Crippen LogP contribution is 2.30. The van der Waals surface area contributed by atoms with Gasteiger partial charge in [0.1, 0.15) is 11.5 Å². The molecule has 0 radical (unpaired) electrons. The second-order valence-corrected chi connectivity index (χ2v) is 4.86. The molecule has 0 aliphatic carbocycles. The van der Waals surface area contributed by atoms with Gasteiger partial charge in [0.2, 0.25) is 0 Å². The lowest BCUT2D eigenvalue weighted by Gasteiger charge is -2.12. The number of rotatable bonds is 3. The Bertz CT molecular complexity index is 852. The molecule has 1 aromatic heterocycles. The molecule has 0 saturated heterocycles. The Balaban J connectivity index is 1.98. The van der Waals surface area contributed by atoms with Crippen molar-refractivity contribution in [2.75, 3.05) is 11.1 Å². The first-order valence-electron chi connectivity index (χ1n) is 6.86. The summed E-state index contributed by atoms with van der Waals surface area (Å²) in [7, 11) is 0. The van der Waals surface area contributed by atoms with Crippen LogP contribution >= 0.6 is 0 Å². The molecule has 3 rings (SSSR count). The van der Waals surface area contributed by atoms with E-state index in [1.807, 2.05) is 0 Å². The lowest BCUT2D eigenvalue weighted by atomic mass is 10.0. The minimum atomic E-state index is -0.415. The van der Waals surface area contributed by atoms with E-state index in [4.69, 9.17) is 5.73 Å². The molecule has 3 aromatic rings. The molecule has 114 valence electrons. The van der Waals surface area contributed by atoms with Gasteiger partial charge in [-0.3, -0.25) is 9.78 Å². The number of halogens is 1. The van der Waals surface area contributed by atoms with Gasteiger partial charge in [-0.25, -0.2) is 9.37 Å². The highest BCUT2D eigenvalue weighted by atomic mass is 19.1. The number of nitrogen functional groups attached to an aromatic ring is 1. The van der Waals surface area contributed by atoms with Gasteiger partial charge >= 0.3 is 0 Å². The van der Waals surface area contributed by atoms with E-state index in [-0.39, 0.29) is 11.5 Å².